The topological polar surface area (TPSA) is 90.3 Å². The van der Waals surface area contributed by atoms with E-state index in [1.54, 1.807) is 0 Å². The Morgan fingerprint density at radius 1 is 1.28 bits per heavy atom. The van der Waals surface area contributed by atoms with Crippen molar-refractivity contribution in [2.24, 2.45) is 0 Å². The molecule has 0 unspecified atom stereocenters. The number of rotatable bonds is 6. The average Bonchev–Trinajstić information content (AvgIpc) is 3.04. The molecule has 0 bridgehead atoms. The minimum Gasteiger partial charge on any atom is -0.408 e. The summed E-state index contributed by atoms with van der Waals surface area (Å²) in [5, 5.41) is 6.71. The molecule has 0 radical (unpaired) electrons. The van der Waals surface area contributed by atoms with Crippen LogP contribution in [-0.2, 0) is 17.8 Å². The number of carbonyl (C=O) groups is 1. The molecule has 7 heteroatoms. The molecule has 0 saturated heterocycles. The zero-order valence-corrected chi connectivity index (χ0v) is 14.6. The van der Waals surface area contributed by atoms with E-state index in [2.05, 4.69) is 10.5 Å². The van der Waals surface area contributed by atoms with Crippen LogP contribution in [0.15, 0.2) is 31.9 Å². The maximum absolute atomic E-state index is 12.0. The number of fused-ring (bicyclic) bond motifs is 1. The molecule has 0 aliphatic carbocycles. The second kappa shape index (κ2) is 6.96. The lowest BCUT2D eigenvalue weighted by Gasteiger charge is -2.06. The summed E-state index contributed by atoms with van der Waals surface area (Å²) in [6.07, 6.45) is 0.935. The number of carbonyl (C=O) groups excluding carboxylic acids is 1. The normalized spacial score (nSPS) is 11.2. The largest absolute Gasteiger partial charge is 0.420 e. The van der Waals surface area contributed by atoms with Gasteiger partial charge >= 0.3 is 5.76 Å². The fourth-order valence-electron chi connectivity index (χ4n) is 2.88. The van der Waals surface area contributed by atoms with E-state index in [9.17, 15) is 9.59 Å². The van der Waals surface area contributed by atoms with E-state index in [1.165, 1.54) is 4.57 Å². The van der Waals surface area contributed by atoms with Crippen LogP contribution in [0.1, 0.15) is 29.0 Å². The highest BCUT2D eigenvalue weighted by atomic mass is 16.5. The molecule has 0 atom stereocenters. The van der Waals surface area contributed by atoms with Gasteiger partial charge in [0, 0.05) is 25.1 Å². The zero-order chi connectivity index (χ0) is 18.0. The fraction of sp³-hybridized carbons (Fsp3) is 0.389. The molecule has 7 nitrogen and oxygen atoms in total. The summed E-state index contributed by atoms with van der Waals surface area (Å²) in [5.41, 5.74) is 4.12. The third kappa shape index (κ3) is 3.65. The minimum atomic E-state index is -0.412. The molecule has 0 saturated carbocycles. The Morgan fingerprint density at radius 2 is 2.08 bits per heavy atom. The van der Waals surface area contributed by atoms with Gasteiger partial charge in [0.2, 0.25) is 5.91 Å². The highest BCUT2D eigenvalue weighted by Crippen LogP contribution is 2.15. The lowest BCUT2D eigenvalue weighted by atomic mass is 10.1. The number of oxazole rings is 1. The molecule has 0 fully saturated rings. The number of benzene rings is 1. The number of aromatic nitrogens is 2. The second-order valence-electron chi connectivity index (χ2n) is 6.14. The standard InChI is InChI=1S/C18H21N3O4/c1-11-4-6-15-16(10-11)24-18(23)21(15)9-8-19-17(22)7-5-14-12(2)20-25-13(14)3/h4,6,10H,5,7-9H2,1-3H3,(H,19,22). The van der Waals surface area contributed by atoms with Gasteiger partial charge in [-0.2, -0.15) is 0 Å². The van der Waals surface area contributed by atoms with Crippen molar-refractivity contribution < 1.29 is 13.7 Å². The van der Waals surface area contributed by atoms with E-state index < -0.39 is 5.76 Å². The Kier molecular flexibility index (Phi) is 4.74. The highest BCUT2D eigenvalue weighted by Gasteiger charge is 2.12. The molecular weight excluding hydrogens is 322 g/mol. The van der Waals surface area contributed by atoms with Crippen LogP contribution >= 0.6 is 0 Å². The van der Waals surface area contributed by atoms with E-state index in [0.29, 0.717) is 31.5 Å². The summed E-state index contributed by atoms with van der Waals surface area (Å²) in [4.78, 5) is 24.0. The van der Waals surface area contributed by atoms with Crippen LogP contribution < -0.4 is 11.1 Å². The van der Waals surface area contributed by atoms with Gasteiger partial charge < -0.3 is 14.3 Å². The van der Waals surface area contributed by atoms with Crippen molar-refractivity contribution in [3.8, 4) is 0 Å². The van der Waals surface area contributed by atoms with Gasteiger partial charge in [0.15, 0.2) is 5.58 Å². The van der Waals surface area contributed by atoms with Gasteiger partial charge in [0.05, 0.1) is 11.2 Å². The molecule has 1 aromatic carbocycles. The van der Waals surface area contributed by atoms with Crippen molar-refractivity contribution in [2.75, 3.05) is 6.54 Å². The average molecular weight is 343 g/mol. The lowest BCUT2D eigenvalue weighted by molar-refractivity contribution is -0.121. The molecule has 1 amide bonds. The van der Waals surface area contributed by atoms with Crippen LogP contribution in [0.25, 0.3) is 11.1 Å². The Hall–Kier alpha value is -2.83. The SMILES string of the molecule is Cc1ccc2c(c1)oc(=O)n2CCNC(=O)CCc1c(C)noc1C. The summed E-state index contributed by atoms with van der Waals surface area (Å²) >= 11 is 0. The molecule has 1 N–H and O–H groups in total. The number of hydrogen-bond acceptors (Lipinski definition) is 5. The van der Waals surface area contributed by atoms with Gasteiger partial charge in [-0.15, -0.1) is 0 Å². The molecule has 25 heavy (non-hydrogen) atoms. The maximum atomic E-state index is 12.0. The Morgan fingerprint density at radius 3 is 2.80 bits per heavy atom. The molecule has 0 spiro atoms. The summed E-state index contributed by atoms with van der Waals surface area (Å²) in [6.45, 7) is 6.37. The first-order valence-electron chi connectivity index (χ1n) is 8.24. The molecule has 0 aliphatic rings. The number of aryl methyl sites for hydroxylation is 3. The van der Waals surface area contributed by atoms with Gasteiger partial charge in [-0.05, 0) is 44.9 Å². The van der Waals surface area contributed by atoms with Crippen molar-refractivity contribution in [1.82, 2.24) is 15.0 Å². The number of amides is 1. The summed E-state index contributed by atoms with van der Waals surface area (Å²) < 4.78 is 11.9. The van der Waals surface area contributed by atoms with Crippen molar-refractivity contribution in [3.63, 3.8) is 0 Å². The smallest absolute Gasteiger partial charge is 0.408 e. The van der Waals surface area contributed by atoms with Crippen molar-refractivity contribution in [3.05, 3.63) is 51.3 Å². The van der Waals surface area contributed by atoms with E-state index >= 15 is 0 Å². The first-order valence-corrected chi connectivity index (χ1v) is 8.24. The fourth-order valence-corrected chi connectivity index (χ4v) is 2.88. The van der Waals surface area contributed by atoms with Crippen LogP contribution in [-0.4, -0.2) is 22.2 Å². The van der Waals surface area contributed by atoms with Gasteiger partial charge in [0.1, 0.15) is 5.76 Å². The molecular formula is C18H21N3O4. The van der Waals surface area contributed by atoms with E-state index in [4.69, 9.17) is 8.94 Å². The Bertz CT molecular complexity index is 945. The highest BCUT2D eigenvalue weighted by molar-refractivity contribution is 5.76. The summed E-state index contributed by atoms with van der Waals surface area (Å²) in [6, 6.07) is 5.61. The molecule has 132 valence electrons. The number of nitrogens with zero attached hydrogens (tertiary/aromatic N) is 2. The zero-order valence-electron chi connectivity index (χ0n) is 14.6. The van der Waals surface area contributed by atoms with Crippen LogP contribution in [0.2, 0.25) is 0 Å². The lowest BCUT2D eigenvalue weighted by Crippen LogP contribution is -2.29. The van der Waals surface area contributed by atoms with Crippen molar-refractivity contribution in [1.29, 1.82) is 0 Å². The van der Waals surface area contributed by atoms with E-state index in [-0.39, 0.29) is 5.91 Å². The predicted molar refractivity (Wildman–Crippen MR) is 92.5 cm³/mol. The van der Waals surface area contributed by atoms with Crippen LogP contribution in [0, 0.1) is 20.8 Å². The van der Waals surface area contributed by atoms with E-state index in [1.807, 2.05) is 39.0 Å². The molecule has 2 aromatic heterocycles. The third-order valence-corrected chi connectivity index (χ3v) is 4.26. The Labute approximate surface area is 144 Å². The van der Waals surface area contributed by atoms with Gasteiger partial charge in [0.25, 0.3) is 0 Å². The first kappa shape index (κ1) is 17.0. The monoisotopic (exact) mass is 343 g/mol. The maximum Gasteiger partial charge on any atom is 0.420 e. The molecule has 2 heterocycles. The predicted octanol–water partition coefficient (Wildman–Crippen LogP) is 2.26. The van der Waals surface area contributed by atoms with Crippen LogP contribution in [0.4, 0.5) is 0 Å². The van der Waals surface area contributed by atoms with Gasteiger partial charge in [-0.3, -0.25) is 9.36 Å². The molecule has 3 aromatic rings. The minimum absolute atomic E-state index is 0.0725. The number of nitrogens with one attached hydrogen (secondary N) is 1. The van der Waals surface area contributed by atoms with Crippen LogP contribution in [0.3, 0.4) is 0 Å². The van der Waals surface area contributed by atoms with Gasteiger partial charge in [-0.1, -0.05) is 11.2 Å². The summed E-state index contributed by atoms with van der Waals surface area (Å²) in [5.74, 6) is 0.263. The van der Waals surface area contributed by atoms with Gasteiger partial charge in [-0.25, -0.2) is 4.79 Å². The van der Waals surface area contributed by atoms with Crippen molar-refractivity contribution >= 4 is 17.0 Å². The Balaban J connectivity index is 1.55. The first-order chi connectivity index (χ1) is 12.0. The van der Waals surface area contributed by atoms with Crippen LogP contribution in [0.5, 0.6) is 0 Å². The second-order valence-corrected chi connectivity index (χ2v) is 6.14. The summed E-state index contributed by atoms with van der Waals surface area (Å²) in [7, 11) is 0. The van der Waals surface area contributed by atoms with E-state index in [0.717, 1.165) is 28.1 Å². The quantitative estimate of drug-likeness (QED) is 0.741. The molecule has 0 aliphatic heterocycles. The third-order valence-electron chi connectivity index (χ3n) is 4.26. The van der Waals surface area contributed by atoms with Crippen molar-refractivity contribution in [2.45, 2.75) is 40.2 Å². The number of hydrogen-bond donors (Lipinski definition) is 1. The molecule has 3 rings (SSSR count).